The number of hydrazine groups is 3. The minimum atomic E-state index is -1.15. The number of benzene rings is 3. The third-order valence-corrected chi connectivity index (χ3v) is 25.8. The summed E-state index contributed by atoms with van der Waals surface area (Å²) in [6.45, 7) is 38.6. The molecule has 0 aliphatic carbocycles. The average molecular weight is 1820 g/mol. The van der Waals surface area contributed by atoms with Crippen molar-refractivity contribution in [2.75, 3.05) is 41.0 Å². The van der Waals surface area contributed by atoms with Crippen molar-refractivity contribution in [1.82, 2.24) is 67.5 Å². The van der Waals surface area contributed by atoms with Gasteiger partial charge in [0.1, 0.15) is 70.7 Å². The zero-order valence-electron chi connectivity index (χ0n) is 80.6. The quantitative estimate of drug-likeness (QED) is 0.0253. The van der Waals surface area contributed by atoms with Crippen molar-refractivity contribution in [3.63, 3.8) is 0 Å². The fourth-order valence-electron chi connectivity index (χ4n) is 16.8. The summed E-state index contributed by atoms with van der Waals surface area (Å²) in [6.07, 6.45) is 17.9. The Labute approximate surface area is 775 Å². The number of rotatable bonds is 17. The Morgan fingerprint density at radius 1 is 0.553 bits per heavy atom. The molecule has 5 aliphatic rings. The van der Waals surface area contributed by atoms with E-state index in [0.717, 1.165) is 54.7 Å². The first-order chi connectivity index (χ1) is 62.4. The van der Waals surface area contributed by atoms with Crippen molar-refractivity contribution in [2.24, 2.45) is 47.3 Å². The standard InChI is InChI=1S/C35H49N5O6.2C33H44N4O6/c1-10-13-29(45-9)22(5)31(41)38-30(21(3)4)32(42)37-23(6)33(43)40-17-12-16-35(8,39-40)34(44)46-24(7)25-14-15-26-20-36-28(11-2)19-27(26)18-25;2*1-19(2)27-17-28(38)20(3)29(42-7)12-11-26-16-25-15-23(9-10-24(25)18-34-26)22(5)43-32(41)33(6)13-8-14-37(36-33)31(40)21(4)35-30(27)39/h10-11,13-15,18-24,29-30,39H,2,12,16-17H2,1,3-9H3,(H,37,42)(H,38,41);2*9-12,15-16,18-22,27,29,36H,8,13-14,17H2,1-7H3,(H,35,39)/b13-10+;2*12-11+/t22-,23+,24-,29-,30+,35?;20-,21-,22+,27?,29+,33+;20-,21-,22+,27-,29+,33-/m100/s1. The van der Waals surface area contributed by atoms with E-state index in [1.807, 2.05) is 166 Å². The molecule has 7 N–H and O–H groups in total. The molecular formula is C101H137N13O18. The highest BCUT2D eigenvalue weighted by atomic mass is 16.6. The Bertz CT molecular complexity index is 5070. The maximum Gasteiger partial charge on any atom is 0.328 e. The lowest BCUT2D eigenvalue weighted by Crippen LogP contribution is -2.65. The topological polar surface area (TPSA) is 393 Å². The van der Waals surface area contributed by atoms with Gasteiger partial charge < -0.3 is 49.7 Å². The molecule has 3 saturated heterocycles. The number of fused-ring (bicyclic) bond motifs is 9. The summed E-state index contributed by atoms with van der Waals surface area (Å²) in [5, 5.41) is 21.0. The van der Waals surface area contributed by atoms with E-state index in [9.17, 15) is 57.5 Å². The molecule has 10 bridgehead atoms. The summed E-state index contributed by atoms with van der Waals surface area (Å²) in [5.41, 5.74) is 10.4. The van der Waals surface area contributed by atoms with E-state index >= 15 is 0 Å². The molecule has 714 valence electrons. The van der Waals surface area contributed by atoms with Crippen molar-refractivity contribution >= 4 is 121 Å². The molecule has 3 fully saturated rings. The molecule has 2 unspecified atom stereocenters. The summed E-state index contributed by atoms with van der Waals surface area (Å²) in [5.74, 6) is -7.64. The number of ketones is 2. The third-order valence-electron chi connectivity index (χ3n) is 25.8. The summed E-state index contributed by atoms with van der Waals surface area (Å²) in [7, 11) is 4.62. The number of nitrogens with one attached hydrogen (secondary N) is 7. The highest BCUT2D eigenvalue weighted by molar-refractivity contribution is 5.96. The van der Waals surface area contributed by atoms with E-state index in [0.29, 0.717) is 69.5 Å². The first-order valence-electron chi connectivity index (χ1n) is 46.0. The molecule has 31 nitrogen and oxygen atoms in total. The normalized spacial score (nSPS) is 26.9. The van der Waals surface area contributed by atoms with Gasteiger partial charge in [-0.1, -0.05) is 130 Å². The molecule has 0 radical (unpaired) electrons. The molecule has 0 saturated carbocycles. The number of carbonyl (C=O) groups excluding carboxylic acids is 12. The number of aromatic nitrogens is 3. The fraction of sp³-hybridized carbons (Fsp3) is 0.535. The van der Waals surface area contributed by atoms with Crippen LogP contribution in [0, 0.1) is 47.3 Å². The van der Waals surface area contributed by atoms with Crippen LogP contribution in [-0.4, -0.2) is 201 Å². The van der Waals surface area contributed by atoms with Gasteiger partial charge in [-0.15, -0.1) is 0 Å². The van der Waals surface area contributed by atoms with Gasteiger partial charge in [0, 0.05) is 112 Å². The summed E-state index contributed by atoms with van der Waals surface area (Å²) in [4.78, 5) is 174. The predicted molar refractivity (Wildman–Crippen MR) is 505 cm³/mol. The first kappa shape index (κ1) is 104. The maximum atomic E-state index is 13.5. The van der Waals surface area contributed by atoms with Gasteiger partial charge in [0.25, 0.3) is 17.7 Å². The second-order valence-corrected chi connectivity index (χ2v) is 37.3. The number of carbonyl (C=O) groups is 12. The average Bonchev–Trinajstić information content (AvgIpc) is 0.802. The van der Waals surface area contributed by atoms with E-state index < -0.39 is 137 Å². The number of pyridine rings is 3. The molecule has 31 heteroatoms. The van der Waals surface area contributed by atoms with Gasteiger partial charge in [-0.25, -0.2) is 30.7 Å². The Morgan fingerprint density at radius 2 is 1.01 bits per heavy atom. The molecule has 132 heavy (non-hydrogen) atoms. The Morgan fingerprint density at radius 3 is 1.45 bits per heavy atom. The lowest BCUT2D eigenvalue weighted by molar-refractivity contribution is -0.165. The van der Waals surface area contributed by atoms with Gasteiger partial charge in [0.15, 0.2) is 0 Å². The third kappa shape index (κ3) is 26.4. The monoisotopic (exact) mass is 1820 g/mol. The molecular weight excluding hydrogens is 1680 g/mol. The molecule has 3 aromatic carbocycles. The van der Waals surface area contributed by atoms with E-state index in [-0.39, 0.29) is 71.7 Å². The summed E-state index contributed by atoms with van der Waals surface area (Å²) >= 11 is 0. The van der Waals surface area contributed by atoms with E-state index in [2.05, 4.69) is 59.1 Å². The van der Waals surface area contributed by atoms with Crippen LogP contribution < -0.4 is 37.5 Å². The van der Waals surface area contributed by atoms with E-state index in [1.54, 1.807) is 113 Å². The second-order valence-electron chi connectivity index (χ2n) is 37.3. The van der Waals surface area contributed by atoms with Crippen LogP contribution in [0.2, 0.25) is 0 Å². The van der Waals surface area contributed by atoms with Crippen molar-refractivity contribution < 1.29 is 86.0 Å². The van der Waals surface area contributed by atoms with E-state index in [1.165, 1.54) is 22.1 Å². The Hall–Kier alpha value is -11.4. The number of hydrogen-bond donors (Lipinski definition) is 7. The fourth-order valence-corrected chi connectivity index (χ4v) is 16.8. The molecule has 6 aromatic rings. The van der Waals surface area contributed by atoms with Crippen LogP contribution in [0.15, 0.2) is 122 Å². The number of amides is 7. The first-order valence-corrected chi connectivity index (χ1v) is 46.0. The van der Waals surface area contributed by atoms with Crippen LogP contribution in [0.25, 0.3) is 50.5 Å². The summed E-state index contributed by atoms with van der Waals surface area (Å²) < 4.78 is 34.4. The van der Waals surface area contributed by atoms with Crippen LogP contribution in [0.5, 0.6) is 0 Å². The number of allylic oxidation sites excluding steroid dienone is 1. The van der Waals surface area contributed by atoms with Crippen molar-refractivity contribution in [3.05, 3.63) is 156 Å². The number of hydrogen-bond acceptors (Lipinski definition) is 24. The number of ether oxygens (including phenoxy) is 6. The minimum absolute atomic E-state index is 0.0142. The number of cyclic esters (lactones) is 2. The molecule has 11 rings (SSSR count). The SMILES string of the molecule is C=Cc1cc2cc([C@@H](C)OC(=O)C3(C)CCCN(C(=O)[C@H](C)NC(=O)[C@@H](NC(=O)[C@H](C)[C@@H](/C=C/C)OC)C(C)C)N3)ccc2cn1.CO[C@@H]1/C=C/c2cc3cc(ccc3cn2)[C@@H](C)OC(=O)[C@@]2(C)CCCN(N2)C(=O)[C@H](C)NC(=O)C(C(C)C)CC(=O)[C@@H]1C.CO[C@@H]1/C=C/c2cc3cc(ccc3cn2)[C@@H](C)OC(=O)[C@]2(C)CCCN(N2)C(=O)[C@H](C)NC(=O)[C@H](C(C)C)CC(=O)[C@@H]1C. The number of methoxy groups -OCH3 is 3. The smallest absolute Gasteiger partial charge is 0.328 e. The van der Waals surface area contributed by atoms with Crippen molar-refractivity contribution in [1.29, 1.82) is 0 Å². The van der Waals surface area contributed by atoms with Gasteiger partial charge in [-0.05, 0) is 213 Å². The molecule has 8 heterocycles. The Balaban J connectivity index is 0.000000223. The van der Waals surface area contributed by atoms with Gasteiger partial charge in [-0.3, -0.25) is 73.1 Å². The maximum absolute atomic E-state index is 13.5. The van der Waals surface area contributed by atoms with Gasteiger partial charge in [0.05, 0.1) is 41.3 Å². The van der Waals surface area contributed by atoms with Gasteiger partial charge >= 0.3 is 17.9 Å². The van der Waals surface area contributed by atoms with Crippen LogP contribution in [-0.2, 0) is 86.0 Å². The number of nitrogens with zero attached hydrogens (tertiary/aromatic N) is 6. The molecule has 3 aromatic heterocycles. The van der Waals surface area contributed by atoms with Gasteiger partial charge in [-0.2, -0.15) is 0 Å². The second kappa shape index (κ2) is 46.3. The lowest BCUT2D eigenvalue weighted by Gasteiger charge is -2.41. The predicted octanol–water partition coefficient (Wildman–Crippen LogP) is 12.5. The Kier molecular flexibility index (Phi) is 36.6. The van der Waals surface area contributed by atoms with Gasteiger partial charge in [0.2, 0.25) is 23.6 Å². The molecule has 7 amide bonds. The molecule has 18 atom stereocenters. The largest absolute Gasteiger partial charge is 0.456 e. The minimum Gasteiger partial charge on any atom is -0.456 e. The lowest BCUT2D eigenvalue weighted by atomic mass is 9.85. The van der Waals surface area contributed by atoms with Crippen LogP contribution in [0.1, 0.15) is 235 Å². The van der Waals surface area contributed by atoms with Crippen molar-refractivity contribution in [3.8, 4) is 0 Å². The zero-order chi connectivity index (χ0) is 97.1. The summed E-state index contributed by atoms with van der Waals surface area (Å²) in [6, 6.07) is 19.7. The van der Waals surface area contributed by atoms with E-state index in [4.69, 9.17) is 28.4 Å². The molecule has 5 aliphatic heterocycles. The highest BCUT2D eigenvalue weighted by Crippen LogP contribution is 2.34. The van der Waals surface area contributed by atoms with Crippen molar-refractivity contribution in [2.45, 2.75) is 260 Å². The van der Waals surface area contributed by atoms with Crippen LogP contribution in [0.4, 0.5) is 0 Å². The number of esters is 3. The molecule has 0 spiro atoms. The van der Waals surface area contributed by atoms with Crippen LogP contribution >= 0.6 is 0 Å². The highest BCUT2D eigenvalue weighted by Gasteiger charge is 2.47. The number of Topliss-reactive ketones (excluding diaryl/α,β-unsaturated/α-hetero) is 2. The zero-order valence-corrected chi connectivity index (χ0v) is 80.6. The van der Waals surface area contributed by atoms with Crippen LogP contribution in [0.3, 0.4) is 0 Å².